The van der Waals surface area contributed by atoms with Crippen molar-refractivity contribution in [3.05, 3.63) is 39.1 Å². The van der Waals surface area contributed by atoms with E-state index in [2.05, 4.69) is 38.8 Å². The van der Waals surface area contributed by atoms with Crippen molar-refractivity contribution >= 4 is 39.0 Å². The molecule has 1 aliphatic rings. The number of hydrogen-bond donors (Lipinski definition) is 1. The van der Waals surface area contributed by atoms with E-state index >= 15 is 0 Å². The van der Waals surface area contributed by atoms with Gasteiger partial charge in [0, 0.05) is 33.5 Å². The van der Waals surface area contributed by atoms with E-state index < -0.39 is 0 Å². The first-order valence-corrected chi connectivity index (χ1v) is 8.68. The minimum atomic E-state index is 0.426. The Morgan fingerprint density at radius 2 is 2.33 bits per heavy atom. The molecule has 5 heteroatoms. The van der Waals surface area contributed by atoms with E-state index in [0.717, 1.165) is 22.5 Å². The molecule has 1 fully saturated rings. The molecule has 2 heterocycles. The van der Waals surface area contributed by atoms with Gasteiger partial charge in [-0.05, 0) is 12.1 Å². The fourth-order valence-corrected chi connectivity index (χ4v) is 4.30. The molecule has 1 aliphatic heterocycles. The molecule has 1 atom stereocenters. The Hall–Kier alpha value is -0.360. The van der Waals surface area contributed by atoms with Crippen LogP contribution in [0.4, 0.5) is 0 Å². The second-order valence-corrected chi connectivity index (χ2v) is 7.12. The lowest BCUT2D eigenvalue weighted by atomic mass is 10.2. The van der Waals surface area contributed by atoms with Crippen LogP contribution in [-0.4, -0.2) is 23.0 Å². The van der Waals surface area contributed by atoms with Gasteiger partial charge in [0.2, 0.25) is 0 Å². The predicted molar refractivity (Wildman–Crippen MR) is 83.3 cm³/mol. The Kier molecular flexibility index (Phi) is 4.03. The third-order valence-corrected chi connectivity index (χ3v) is 5.38. The number of nitrogens with one attached hydrogen (secondary N) is 1. The summed E-state index contributed by atoms with van der Waals surface area (Å²) < 4.78 is 1.10. The lowest BCUT2D eigenvalue weighted by Crippen LogP contribution is -2.30. The summed E-state index contributed by atoms with van der Waals surface area (Å²) in [6, 6.07) is 8.73. The highest BCUT2D eigenvalue weighted by Gasteiger charge is 2.18. The highest BCUT2D eigenvalue weighted by atomic mass is 79.9. The molecule has 0 aliphatic carbocycles. The monoisotopic (exact) mass is 340 g/mol. The summed E-state index contributed by atoms with van der Waals surface area (Å²) in [5, 5.41) is 6.89. The average molecular weight is 341 g/mol. The van der Waals surface area contributed by atoms with Crippen LogP contribution in [0.25, 0.3) is 11.3 Å². The van der Waals surface area contributed by atoms with E-state index in [-0.39, 0.29) is 0 Å². The molecule has 1 aromatic carbocycles. The molecule has 0 spiro atoms. The second kappa shape index (κ2) is 5.74. The minimum Gasteiger partial charge on any atom is -0.306 e. The van der Waals surface area contributed by atoms with Crippen molar-refractivity contribution in [1.82, 2.24) is 10.3 Å². The first-order chi connectivity index (χ1) is 8.83. The van der Waals surface area contributed by atoms with Crippen LogP contribution in [0.5, 0.6) is 0 Å². The molecule has 1 unspecified atom stereocenters. The highest BCUT2D eigenvalue weighted by Crippen LogP contribution is 2.29. The zero-order valence-corrected chi connectivity index (χ0v) is 12.9. The molecular weight excluding hydrogens is 328 g/mol. The summed E-state index contributed by atoms with van der Waals surface area (Å²) in [6.07, 6.45) is 0. The topological polar surface area (TPSA) is 24.9 Å². The maximum absolute atomic E-state index is 4.77. The molecule has 0 amide bonds. The van der Waals surface area contributed by atoms with Crippen LogP contribution in [0.1, 0.15) is 11.0 Å². The molecule has 1 aromatic heterocycles. The molecule has 2 aromatic rings. The van der Waals surface area contributed by atoms with Gasteiger partial charge in [0.1, 0.15) is 5.01 Å². The number of benzene rings is 1. The van der Waals surface area contributed by atoms with E-state index in [4.69, 9.17) is 4.98 Å². The second-order valence-electron chi connectivity index (χ2n) is 4.16. The summed E-state index contributed by atoms with van der Waals surface area (Å²) in [7, 11) is 0. The standard InChI is InChI=1S/C13H13BrN2S2/c14-10-3-1-2-9(6-10)11-8-18-13(16-11)12-7-17-5-4-15-12/h1-3,6,8,12,15H,4-5,7H2. The first kappa shape index (κ1) is 12.7. The molecule has 0 radical (unpaired) electrons. The van der Waals surface area contributed by atoms with Crippen LogP contribution in [0, 0.1) is 0 Å². The third-order valence-electron chi connectivity index (χ3n) is 2.86. The normalized spacial score (nSPS) is 19.9. The SMILES string of the molecule is Brc1cccc(-c2csc(C3CSCCN3)n2)c1. The van der Waals surface area contributed by atoms with Crippen LogP contribution in [-0.2, 0) is 0 Å². The average Bonchev–Trinajstić information content (AvgIpc) is 2.89. The van der Waals surface area contributed by atoms with E-state index in [1.54, 1.807) is 11.3 Å². The van der Waals surface area contributed by atoms with Crippen molar-refractivity contribution in [3.63, 3.8) is 0 Å². The summed E-state index contributed by atoms with van der Waals surface area (Å²) in [6.45, 7) is 1.08. The molecular formula is C13H13BrN2S2. The Bertz CT molecular complexity index is 535. The van der Waals surface area contributed by atoms with Crippen molar-refractivity contribution in [2.24, 2.45) is 0 Å². The number of nitrogens with zero attached hydrogens (tertiary/aromatic N) is 1. The lowest BCUT2D eigenvalue weighted by Gasteiger charge is -2.20. The lowest BCUT2D eigenvalue weighted by molar-refractivity contribution is 0.592. The molecule has 0 saturated carbocycles. The number of aromatic nitrogens is 1. The minimum absolute atomic E-state index is 0.426. The largest absolute Gasteiger partial charge is 0.306 e. The summed E-state index contributed by atoms with van der Waals surface area (Å²) in [5.74, 6) is 2.34. The number of thioether (sulfide) groups is 1. The van der Waals surface area contributed by atoms with Gasteiger partial charge in [0.15, 0.2) is 0 Å². The number of hydrogen-bond acceptors (Lipinski definition) is 4. The van der Waals surface area contributed by atoms with Gasteiger partial charge in [0.05, 0.1) is 11.7 Å². The van der Waals surface area contributed by atoms with Crippen LogP contribution in [0.3, 0.4) is 0 Å². The Labute approximate surface area is 123 Å². The summed E-state index contributed by atoms with van der Waals surface area (Å²) >= 11 is 7.26. The van der Waals surface area contributed by atoms with E-state index in [0.29, 0.717) is 6.04 Å². The zero-order valence-electron chi connectivity index (χ0n) is 9.73. The zero-order chi connectivity index (χ0) is 12.4. The first-order valence-electron chi connectivity index (χ1n) is 5.85. The Morgan fingerprint density at radius 1 is 1.39 bits per heavy atom. The van der Waals surface area contributed by atoms with Crippen molar-refractivity contribution in [2.75, 3.05) is 18.1 Å². The van der Waals surface area contributed by atoms with Crippen LogP contribution in [0.2, 0.25) is 0 Å². The van der Waals surface area contributed by atoms with E-state index in [1.165, 1.54) is 16.3 Å². The van der Waals surface area contributed by atoms with Gasteiger partial charge >= 0.3 is 0 Å². The number of thiazole rings is 1. The van der Waals surface area contributed by atoms with Gasteiger partial charge in [-0.25, -0.2) is 4.98 Å². The van der Waals surface area contributed by atoms with Gasteiger partial charge in [-0.2, -0.15) is 11.8 Å². The van der Waals surface area contributed by atoms with Crippen molar-refractivity contribution in [3.8, 4) is 11.3 Å². The van der Waals surface area contributed by atoms with Crippen LogP contribution >= 0.6 is 39.0 Å². The van der Waals surface area contributed by atoms with Crippen molar-refractivity contribution < 1.29 is 0 Å². The molecule has 94 valence electrons. The van der Waals surface area contributed by atoms with E-state index in [1.807, 2.05) is 23.9 Å². The van der Waals surface area contributed by atoms with Crippen molar-refractivity contribution in [2.45, 2.75) is 6.04 Å². The molecule has 18 heavy (non-hydrogen) atoms. The quantitative estimate of drug-likeness (QED) is 0.895. The summed E-state index contributed by atoms with van der Waals surface area (Å²) in [5.41, 5.74) is 2.25. The molecule has 2 nitrogen and oxygen atoms in total. The van der Waals surface area contributed by atoms with Crippen molar-refractivity contribution in [1.29, 1.82) is 0 Å². The Balaban J connectivity index is 1.84. The smallest absolute Gasteiger partial charge is 0.111 e. The highest BCUT2D eigenvalue weighted by molar-refractivity contribution is 9.10. The maximum Gasteiger partial charge on any atom is 0.111 e. The van der Waals surface area contributed by atoms with Gasteiger partial charge in [-0.1, -0.05) is 28.1 Å². The van der Waals surface area contributed by atoms with Gasteiger partial charge in [-0.15, -0.1) is 11.3 Å². The molecule has 1 N–H and O–H groups in total. The summed E-state index contributed by atoms with van der Waals surface area (Å²) in [4.78, 5) is 4.77. The predicted octanol–water partition coefficient (Wildman–Crippen LogP) is 3.95. The van der Waals surface area contributed by atoms with E-state index in [9.17, 15) is 0 Å². The van der Waals surface area contributed by atoms with Crippen LogP contribution < -0.4 is 5.32 Å². The molecule has 3 rings (SSSR count). The number of rotatable bonds is 2. The maximum atomic E-state index is 4.77. The van der Waals surface area contributed by atoms with Gasteiger partial charge < -0.3 is 5.32 Å². The molecule has 0 bridgehead atoms. The fraction of sp³-hybridized carbons (Fsp3) is 0.308. The van der Waals surface area contributed by atoms with Gasteiger partial charge in [0.25, 0.3) is 0 Å². The third kappa shape index (κ3) is 2.79. The fourth-order valence-electron chi connectivity index (χ4n) is 1.95. The number of halogens is 1. The van der Waals surface area contributed by atoms with Gasteiger partial charge in [-0.3, -0.25) is 0 Å². The Morgan fingerprint density at radius 3 is 3.11 bits per heavy atom. The van der Waals surface area contributed by atoms with Crippen LogP contribution in [0.15, 0.2) is 34.1 Å². The molecule has 1 saturated heterocycles.